The molecule has 1 amide bonds. The van der Waals surface area contributed by atoms with Gasteiger partial charge in [0, 0.05) is 13.0 Å². The molecule has 1 fully saturated rings. The van der Waals surface area contributed by atoms with E-state index in [1.807, 2.05) is 0 Å². The molecule has 6 nitrogen and oxygen atoms in total. The van der Waals surface area contributed by atoms with Gasteiger partial charge in [-0.25, -0.2) is 9.18 Å². The van der Waals surface area contributed by atoms with Crippen LogP contribution in [0.5, 0.6) is 0 Å². The van der Waals surface area contributed by atoms with Gasteiger partial charge < -0.3 is 9.64 Å². The van der Waals surface area contributed by atoms with Gasteiger partial charge in [-0.2, -0.15) is 8.42 Å². The fourth-order valence-corrected chi connectivity index (χ4v) is 2.74. The third-order valence-corrected chi connectivity index (χ3v) is 4.26. The van der Waals surface area contributed by atoms with Crippen LogP contribution in [0.3, 0.4) is 0 Å². The Hall–Kier alpha value is -2.03. The van der Waals surface area contributed by atoms with Crippen molar-refractivity contribution in [3.63, 3.8) is 0 Å². The van der Waals surface area contributed by atoms with Crippen molar-refractivity contribution in [3.8, 4) is 0 Å². The minimum atomic E-state index is -4.87. The Morgan fingerprint density at radius 1 is 1.43 bits per heavy atom. The van der Waals surface area contributed by atoms with E-state index in [0.717, 1.165) is 24.1 Å². The number of esters is 1. The lowest BCUT2D eigenvalue weighted by atomic mass is 10.2. The van der Waals surface area contributed by atoms with Crippen LogP contribution in [0.25, 0.3) is 0 Å². The van der Waals surface area contributed by atoms with Gasteiger partial charge in [0.2, 0.25) is 5.91 Å². The Morgan fingerprint density at radius 3 is 2.57 bits per heavy atom. The Bertz CT molecular complexity index is 704. The maximum Gasteiger partial charge on any atom is 0.337 e. The summed E-state index contributed by atoms with van der Waals surface area (Å²) in [4.78, 5) is 23.8. The highest BCUT2D eigenvalue weighted by Crippen LogP contribution is 2.28. The van der Waals surface area contributed by atoms with E-state index in [-0.39, 0.29) is 11.3 Å². The molecule has 0 spiro atoms. The van der Waals surface area contributed by atoms with Crippen molar-refractivity contribution in [1.82, 2.24) is 0 Å². The summed E-state index contributed by atoms with van der Waals surface area (Å²) >= 11 is 0. The SMILES string of the molecule is COC(=O)c1ccc(N2CC(S(=O)(=O)F)CC2=O)c(F)c1. The number of benzene rings is 1. The van der Waals surface area contributed by atoms with Gasteiger partial charge in [-0.05, 0) is 18.2 Å². The highest BCUT2D eigenvalue weighted by Gasteiger charge is 2.39. The van der Waals surface area contributed by atoms with Crippen molar-refractivity contribution in [1.29, 1.82) is 0 Å². The number of anilines is 1. The number of rotatable bonds is 3. The summed E-state index contributed by atoms with van der Waals surface area (Å²) in [6.45, 7) is -0.466. The molecular weight excluding hydrogens is 308 g/mol. The van der Waals surface area contributed by atoms with Crippen LogP contribution < -0.4 is 4.90 Å². The number of methoxy groups -OCH3 is 1. The lowest BCUT2D eigenvalue weighted by Gasteiger charge is -2.17. The summed E-state index contributed by atoms with van der Waals surface area (Å²) in [5.41, 5.74) is -0.265. The number of amides is 1. The summed E-state index contributed by atoms with van der Waals surface area (Å²) in [6, 6.07) is 3.24. The second-order valence-electron chi connectivity index (χ2n) is 4.46. The zero-order valence-corrected chi connectivity index (χ0v) is 11.7. The fourth-order valence-electron chi connectivity index (χ4n) is 2.07. The molecule has 1 aromatic carbocycles. The molecule has 1 heterocycles. The minimum Gasteiger partial charge on any atom is -0.465 e. The van der Waals surface area contributed by atoms with Gasteiger partial charge in [0.25, 0.3) is 0 Å². The first kappa shape index (κ1) is 15.4. The minimum absolute atomic E-state index is 0.0555. The Labute approximate surface area is 119 Å². The second-order valence-corrected chi connectivity index (χ2v) is 6.08. The lowest BCUT2D eigenvalue weighted by molar-refractivity contribution is -0.117. The summed E-state index contributed by atoms with van der Waals surface area (Å²) < 4.78 is 52.9. The van der Waals surface area contributed by atoms with Crippen LogP contribution in [-0.4, -0.2) is 39.2 Å². The average Bonchev–Trinajstić information content (AvgIpc) is 2.79. The number of ether oxygens (including phenoxy) is 1. The zero-order valence-electron chi connectivity index (χ0n) is 10.9. The van der Waals surface area contributed by atoms with Crippen LogP contribution in [0.4, 0.5) is 14.0 Å². The molecule has 0 aliphatic carbocycles. The molecule has 1 aliphatic rings. The molecule has 9 heteroatoms. The van der Waals surface area contributed by atoms with Crippen LogP contribution in [0.15, 0.2) is 18.2 Å². The molecule has 0 bridgehead atoms. The number of nitrogens with zero attached hydrogens (tertiary/aromatic N) is 1. The molecule has 1 unspecified atom stereocenters. The molecule has 1 saturated heterocycles. The first-order chi connectivity index (χ1) is 9.74. The zero-order chi connectivity index (χ0) is 15.8. The largest absolute Gasteiger partial charge is 0.465 e. The summed E-state index contributed by atoms with van der Waals surface area (Å²) in [6.07, 6.45) is -0.545. The normalized spacial score (nSPS) is 18.9. The highest BCUT2D eigenvalue weighted by atomic mass is 32.3. The molecule has 1 aliphatic heterocycles. The number of carbonyl (C=O) groups is 2. The van der Waals surface area contributed by atoms with E-state index < -0.39 is 46.1 Å². The average molecular weight is 319 g/mol. The van der Waals surface area contributed by atoms with E-state index in [9.17, 15) is 26.3 Å². The van der Waals surface area contributed by atoms with Crippen molar-refractivity contribution in [2.45, 2.75) is 11.7 Å². The predicted octanol–water partition coefficient (Wildman–Crippen LogP) is 1.02. The Morgan fingerprint density at radius 2 is 2.10 bits per heavy atom. The van der Waals surface area contributed by atoms with Gasteiger partial charge in [-0.1, -0.05) is 0 Å². The highest BCUT2D eigenvalue weighted by molar-refractivity contribution is 7.87. The van der Waals surface area contributed by atoms with Gasteiger partial charge >= 0.3 is 16.2 Å². The monoisotopic (exact) mass is 319 g/mol. The molecule has 114 valence electrons. The van der Waals surface area contributed by atoms with Crippen LogP contribution in [-0.2, 0) is 19.8 Å². The third-order valence-electron chi connectivity index (χ3n) is 3.15. The van der Waals surface area contributed by atoms with Crippen molar-refractivity contribution in [2.24, 2.45) is 0 Å². The van der Waals surface area contributed by atoms with E-state index in [1.54, 1.807) is 0 Å². The number of hydrogen-bond donors (Lipinski definition) is 0. The van der Waals surface area contributed by atoms with E-state index in [0.29, 0.717) is 0 Å². The van der Waals surface area contributed by atoms with Gasteiger partial charge in [0.05, 0.1) is 18.4 Å². The molecule has 21 heavy (non-hydrogen) atoms. The van der Waals surface area contributed by atoms with Crippen molar-refractivity contribution >= 4 is 27.8 Å². The van der Waals surface area contributed by atoms with Crippen molar-refractivity contribution < 1.29 is 31.0 Å². The Kier molecular flexibility index (Phi) is 3.95. The molecule has 2 rings (SSSR count). The van der Waals surface area contributed by atoms with Gasteiger partial charge in [0.1, 0.15) is 11.1 Å². The van der Waals surface area contributed by atoms with E-state index in [4.69, 9.17) is 0 Å². The molecule has 1 aromatic rings. The standard InChI is InChI=1S/C12H11F2NO5S/c1-20-12(17)7-2-3-10(9(13)4-7)15-6-8(5-11(15)16)21(14,18)19/h2-4,8H,5-6H2,1H3. The maximum absolute atomic E-state index is 14.0. The van der Waals surface area contributed by atoms with Gasteiger partial charge in [-0.15, -0.1) is 3.89 Å². The third kappa shape index (κ3) is 3.02. The smallest absolute Gasteiger partial charge is 0.337 e. The lowest BCUT2D eigenvalue weighted by Crippen LogP contribution is -2.27. The summed E-state index contributed by atoms with van der Waals surface area (Å²) in [7, 11) is -3.74. The summed E-state index contributed by atoms with van der Waals surface area (Å²) in [5, 5.41) is -1.51. The predicted molar refractivity (Wildman–Crippen MR) is 68.5 cm³/mol. The molecule has 0 radical (unpaired) electrons. The maximum atomic E-state index is 14.0. The van der Waals surface area contributed by atoms with Crippen molar-refractivity contribution in [3.05, 3.63) is 29.6 Å². The van der Waals surface area contributed by atoms with E-state index in [2.05, 4.69) is 4.74 Å². The van der Waals surface area contributed by atoms with E-state index >= 15 is 0 Å². The topological polar surface area (TPSA) is 80.8 Å². The molecular formula is C12H11F2NO5S. The van der Waals surface area contributed by atoms with Crippen LogP contribution in [0.2, 0.25) is 0 Å². The first-order valence-corrected chi connectivity index (χ1v) is 7.30. The number of hydrogen-bond acceptors (Lipinski definition) is 5. The number of carbonyl (C=O) groups excluding carboxylic acids is 2. The molecule has 1 atom stereocenters. The molecule has 0 aromatic heterocycles. The molecule has 0 N–H and O–H groups in total. The number of halogens is 2. The van der Waals surface area contributed by atoms with Crippen molar-refractivity contribution in [2.75, 3.05) is 18.6 Å². The fraction of sp³-hybridized carbons (Fsp3) is 0.333. The first-order valence-electron chi connectivity index (χ1n) is 5.85. The van der Waals surface area contributed by atoms with Gasteiger partial charge in [0.15, 0.2) is 0 Å². The molecule has 0 saturated carbocycles. The summed E-state index contributed by atoms with van der Waals surface area (Å²) in [5.74, 6) is -2.36. The van der Waals surface area contributed by atoms with Crippen LogP contribution in [0.1, 0.15) is 16.8 Å². The van der Waals surface area contributed by atoms with Crippen LogP contribution in [0, 0.1) is 5.82 Å². The van der Waals surface area contributed by atoms with Gasteiger partial charge in [-0.3, -0.25) is 4.79 Å². The van der Waals surface area contributed by atoms with Crippen LogP contribution >= 0.6 is 0 Å². The second kappa shape index (κ2) is 5.40. The van der Waals surface area contributed by atoms with E-state index in [1.165, 1.54) is 6.07 Å². The quantitative estimate of drug-likeness (QED) is 0.614. The Balaban J connectivity index is 2.31.